The molecule has 5 heteroatoms. The van der Waals surface area contributed by atoms with Gasteiger partial charge in [-0.25, -0.2) is 10.6 Å². The molecule has 0 spiro atoms. The summed E-state index contributed by atoms with van der Waals surface area (Å²) >= 11 is 0. The number of carbonyl (C=O) groups is 2. The number of amides is 1. The first-order chi connectivity index (χ1) is 5.70. The number of nitrogens with two attached hydrogens (primary N) is 1. The number of hydrazine groups is 1. The molecule has 1 amide bonds. The number of rotatable bonds is 4. The van der Waals surface area contributed by atoms with Crippen LogP contribution in [0.2, 0.25) is 0 Å². The van der Waals surface area contributed by atoms with Gasteiger partial charge in [0.2, 0.25) is 0 Å². The van der Waals surface area contributed by atoms with E-state index in [1.165, 1.54) is 0 Å². The van der Waals surface area contributed by atoms with E-state index >= 15 is 0 Å². The van der Waals surface area contributed by atoms with E-state index in [-0.39, 0.29) is 0 Å². The molecule has 0 aliphatic carbocycles. The summed E-state index contributed by atoms with van der Waals surface area (Å²) < 4.78 is 4.64. The first-order valence-electron chi connectivity index (χ1n) is 3.56. The number of esters is 1. The van der Waals surface area contributed by atoms with Crippen molar-refractivity contribution in [1.82, 2.24) is 5.43 Å². The second-order valence-electron chi connectivity index (χ2n) is 2.01. The summed E-state index contributed by atoms with van der Waals surface area (Å²) in [5, 5.41) is 0. The molecule has 0 heterocycles. The lowest BCUT2D eigenvalue weighted by molar-refractivity contribution is -0.138. The highest BCUT2D eigenvalue weighted by molar-refractivity contribution is 5.94. The van der Waals surface area contributed by atoms with E-state index in [0.717, 1.165) is 18.6 Å². The molecule has 0 aromatic heterocycles. The summed E-state index contributed by atoms with van der Waals surface area (Å²) in [4.78, 5) is 21.2. The van der Waals surface area contributed by atoms with Crippen LogP contribution in [0.5, 0.6) is 0 Å². The Morgan fingerprint density at radius 3 is 2.67 bits per heavy atom. The zero-order valence-electron chi connectivity index (χ0n) is 6.87. The molecule has 0 aromatic rings. The van der Waals surface area contributed by atoms with Gasteiger partial charge in [0.25, 0.3) is 5.91 Å². The van der Waals surface area contributed by atoms with Crippen molar-refractivity contribution in [3.8, 4) is 0 Å². The van der Waals surface area contributed by atoms with Gasteiger partial charge in [-0.1, -0.05) is 6.92 Å². The molecule has 0 aliphatic heterocycles. The van der Waals surface area contributed by atoms with Gasteiger partial charge in [0, 0.05) is 12.2 Å². The van der Waals surface area contributed by atoms with E-state index in [1.807, 2.05) is 12.3 Å². The number of carbonyl (C=O) groups excluding carboxylic acids is 2. The van der Waals surface area contributed by atoms with Gasteiger partial charge in [-0.3, -0.25) is 10.2 Å². The van der Waals surface area contributed by atoms with Crippen LogP contribution in [0.4, 0.5) is 0 Å². The molecule has 0 aliphatic rings. The molecule has 0 rings (SSSR count). The van der Waals surface area contributed by atoms with Gasteiger partial charge in [-0.05, 0) is 6.42 Å². The molecule has 68 valence electrons. The van der Waals surface area contributed by atoms with Crippen molar-refractivity contribution in [2.45, 2.75) is 13.3 Å². The van der Waals surface area contributed by atoms with Gasteiger partial charge >= 0.3 is 5.97 Å². The summed E-state index contributed by atoms with van der Waals surface area (Å²) in [7, 11) is 0. The molecular formula is C7H12N2O3. The maximum atomic E-state index is 10.7. The zero-order valence-corrected chi connectivity index (χ0v) is 6.87. The third-order valence-corrected chi connectivity index (χ3v) is 0.961. The van der Waals surface area contributed by atoms with E-state index in [1.54, 1.807) is 0 Å². The summed E-state index contributed by atoms with van der Waals surface area (Å²) in [5.74, 6) is 3.68. The first-order valence-corrected chi connectivity index (χ1v) is 3.56. The fraction of sp³-hybridized carbons (Fsp3) is 0.429. The highest BCUT2D eigenvalue weighted by atomic mass is 16.5. The first kappa shape index (κ1) is 10.6. The van der Waals surface area contributed by atoms with Gasteiger partial charge < -0.3 is 4.74 Å². The van der Waals surface area contributed by atoms with Crippen molar-refractivity contribution in [1.29, 1.82) is 0 Å². The van der Waals surface area contributed by atoms with Crippen molar-refractivity contribution < 1.29 is 14.3 Å². The molecule has 0 fully saturated rings. The Balaban J connectivity index is 3.67. The second kappa shape index (κ2) is 6.36. The Labute approximate surface area is 70.5 Å². The largest absolute Gasteiger partial charge is 0.463 e. The third kappa shape index (κ3) is 5.43. The maximum Gasteiger partial charge on any atom is 0.330 e. The SMILES string of the molecule is CCCOC(=O)C=CC(=O)NN. The highest BCUT2D eigenvalue weighted by Crippen LogP contribution is 1.84. The van der Waals surface area contributed by atoms with Crippen molar-refractivity contribution in [2.24, 2.45) is 5.84 Å². The Kier molecular flexibility index (Phi) is 5.64. The van der Waals surface area contributed by atoms with Crippen LogP contribution in [0, 0.1) is 0 Å². The normalized spacial score (nSPS) is 9.83. The van der Waals surface area contributed by atoms with Crippen molar-refractivity contribution in [2.75, 3.05) is 6.61 Å². The Morgan fingerprint density at radius 1 is 1.50 bits per heavy atom. The summed E-state index contributed by atoms with van der Waals surface area (Å²) in [5.41, 5.74) is 1.84. The highest BCUT2D eigenvalue weighted by Gasteiger charge is 1.96. The van der Waals surface area contributed by atoms with Gasteiger partial charge in [-0.2, -0.15) is 0 Å². The van der Waals surface area contributed by atoms with Gasteiger partial charge in [0.15, 0.2) is 0 Å². The topological polar surface area (TPSA) is 81.4 Å². The number of hydrogen-bond donors (Lipinski definition) is 2. The minimum Gasteiger partial charge on any atom is -0.463 e. The predicted octanol–water partition coefficient (Wildman–Crippen LogP) is -0.514. The minimum atomic E-state index is -0.541. The lowest BCUT2D eigenvalue weighted by Crippen LogP contribution is -2.28. The third-order valence-electron chi connectivity index (χ3n) is 0.961. The second-order valence-corrected chi connectivity index (χ2v) is 2.01. The van der Waals surface area contributed by atoms with Crippen LogP contribution in [0.3, 0.4) is 0 Å². The number of hydrogen-bond acceptors (Lipinski definition) is 4. The minimum absolute atomic E-state index is 0.355. The fourth-order valence-corrected chi connectivity index (χ4v) is 0.443. The Hall–Kier alpha value is -1.36. The average Bonchev–Trinajstić information content (AvgIpc) is 2.10. The molecule has 0 unspecified atom stereocenters. The molecule has 3 N–H and O–H groups in total. The average molecular weight is 172 g/mol. The summed E-state index contributed by atoms with van der Waals surface area (Å²) in [6.07, 6.45) is 2.79. The maximum absolute atomic E-state index is 10.7. The van der Waals surface area contributed by atoms with Crippen molar-refractivity contribution in [3.63, 3.8) is 0 Å². The van der Waals surface area contributed by atoms with Gasteiger partial charge in [-0.15, -0.1) is 0 Å². The predicted molar refractivity (Wildman–Crippen MR) is 42.7 cm³/mol. The lowest BCUT2D eigenvalue weighted by Gasteiger charge is -1.96. The number of nitrogens with one attached hydrogen (secondary N) is 1. The zero-order chi connectivity index (χ0) is 9.40. The standard InChI is InChI=1S/C7H12N2O3/c1-2-5-12-7(11)4-3-6(10)9-8/h3-4H,2,5,8H2,1H3,(H,9,10). The molecular weight excluding hydrogens is 160 g/mol. The molecule has 0 aromatic carbocycles. The fourth-order valence-electron chi connectivity index (χ4n) is 0.443. The molecule has 0 atom stereocenters. The Morgan fingerprint density at radius 2 is 2.17 bits per heavy atom. The molecule has 0 bridgehead atoms. The smallest absolute Gasteiger partial charge is 0.330 e. The quantitative estimate of drug-likeness (QED) is 0.197. The molecule has 12 heavy (non-hydrogen) atoms. The van der Waals surface area contributed by atoms with Crippen LogP contribution in [-0.2, 0) is 14.3 Å². The van der Waals surface area contributed by atoms with Crippen LogP contribution in [0.15, 0.2) is 12.2 Å². The lowest BCUT2D eigenvalue weighted by atomic mass is 10.5. The van der Waals surface area contributed by atoms with E-state index in [9.17, 15) is 9.59 Å². The van der Waals surface area contributed by atoms with Crippen molar-refractivity contribution >= 4 is 11.9 Å². The van der Waals surface area contributed by atoms with Crippen LogP contribution >= 0.6 is 0 Å². The van der Waals surface area contributed by atoms with Crippen LogP contribution in [0.1, 0.15) is 13.3 Å². The van der Waals surface area contributed by atoms with Crippen LogP contribution in [0.25, 0.3) is 0 Å². The van der Waals surface area contributed by atoms with E-state index < -0.39 is 11.9 Å². The molecule has 0 radical (unpaired) electrons. The van der Waals surface area contributed by atoms with Crippen LogP contribution < -0.4 is 11.3 Å². The van der Waals surface area contributed by atoms with E-state index in [2.05, 4.69) is 4.74 Å². The van der Waals surface area contributed by atoms with Crippen molar-refractivity contribution in [3.05, 3.63) is 12.2 Å². The molecule has 5 nitrogen and oxygen atoms in total. The summed E-state index contributed by atoms with van der Waals surface area (Å²) in [6, 6.07) is 0. The van der Waals surface area contributed by atoms with Gasteiger partial charge in [0.05, 0.1) is 6.61 Å². The van der Waals surface area contributed by atoms with E-state index in [4.69, 9.17) is 5.84 Å². The number of ether oxygens (including phenoxy) is 1. The molecule has 0 saturated heterocycles. The monoisotopic (exact) mass is 172 g/mol. The van der Waals surface area contributed by atoms with E-state index in [0.29, 0.717) is 6.61 Å². The molecule has 0 saturated carbocycles. The summed E-state index contributed by atoms with van der Waals surface area (Å²) in [6.45, 7) is 2.23. The van der Waals surface area contributed by atoms with Crippen LogP contribution in [-0.4, -0.2) is 18.5 Å². The Bertz CT molecular complexity index is 189. The van der Waals surface area contributed by atoms with Gasteiger partial charge in [0.1, 0.15) is 0 Å².